The van der Waals surface area contributed by atoms with Crippen LogP contribution < -0.4 is 5.32 Å². The van der Waals surface area contributed by atoms with Gasteiger partial charge in [-0.3, -0.25) is 4.79 Å². The number of ether oxygens (including phenoxy) is 1. The van der Waals surface area contributed by atoms with Crippen LogP contribution in [0.15, 0.2) is 30.3 Å². The minimum absolute atomic E-state index is 0.219. The Labute approximate surface area is 130 Å². The summed E-state index contributed by atoms with van der Waals surface area (Å²) in [7, 11) is 0. The Morgan fingerprint density at radius 3 is 2.45 bits per heavy atom. The third-order valence-electron chi connectivity index (χ3n) is 4.35. The molecule has 1 aliphatic rings. The number of benzene rings is 1. The third-order valence-corrected chi connectivity index (χ3v) is 4.35. The summed E-state index contributed by atoms with van der Waals surface area (Å²) in [5.41, 5.74) is 0.247. The Morgan fingerprint density at radius 2 is 1.82 bits per heavy atom. The highest BCUT2D eigenvalue weighted by atomic mass is 16.5. The van der Waals surface area contributed by atoms with Crippen molar-refractivity contribution in [1.82, 2.24) is 5.32 Å². The number of carbonyl (C=O) groups is 2. The van der Waals surface area contributed by atoms with E-state index in [4.69, 9.17) is 4.74 Å². The van der Waals surface area contributed by atoms with Crippen molar-refractivity contribution in [2.45, 2.75) is 45.1 Å². The molecule has 1 amide bonds. The van der Waals surface area contributed by atoms with Gasteiger partial charge in [-0.05, 0) is 24.8 Å². The van der Waals surface area contributed by atoms with Gasteiger partial charge in [0, 0.05) is 6.54 Å². The van der Waals surface area contributed by atoms with Crippen LogP contribution in [0.25, 0.3) is 0 Å². The van der Waals surface area contributed by atoms with Crippen molar-refractivity contribution in [3.05, 3.63) is 35.9 Å². The predicted molar refractivity (Wildman–Crippen MR) is 82.4 cm³/mol. The molecule has 1 saturated carbocycles. The molecule has 2 rings (SSSR count). The van der Waals surface area contributed by atoms with Gasteiger partial charge >= 0.3 is 12.1 Å². The van der Waals surface area contributed by atoms with Crippen LogP contribution >= 0.6 is 0 Å². The predicted octanol–water partition coefficient (Wildman–Crippen LogP) is 3.34. The summed E-state index contributed by atoms with van der Waals surface area (Å²) in [5.74, 6) is -0.744. The van der Waals surface area contributed by atoms with Gasteiger partial charge in [0.25, 0.3) is 0 Å². The van der Waals surface area contributed by atoms with E-state index in [-0.39, 0.29) is 6.61 Å². The van der Waals surface area contributed by atoms with Crippen LogP contribution in [0.2, 0.25) is 0 Å². The van der Waals surface area contributed by atoms with Crippen LogP contribution in [0.1, 0.15) is 44.1 Å². The smallest absolute Gasteiger partial charge is 0.407 e. The zero-order valence-corrected chi connectivity index (χ0v) is 12.7. The standard InChI is InChI=1S/C17H23NO4/c19-15(20)17(9-5-2-6-10-17)11-12-18-16(21)22-13-14-7-3-1-4-8-14/h1,3-4,7-8H,2,5-6,9-13H2,(H,18,21)(H,19,20). The summed E-state index contributed by atoms with van der Waals surface area (Å²) in [6, 6.07) is 9.44. The number of nitrogens with one attached hydrogen (secondary N) is 1. The van der Waals surface area contributed by atoms with E-state index in [0.717, 1.165) is 24.8 Å². The quantitative estimate of drug-likeness (QED) is 0.845. The molecule has 0 saturated heterocycles. The minimum atomic E-state index is -0.744. The van der Waals surface area contributed by atoms with Gasteiger partial charge in [-0.15, -0.1) is 0 Å². The molecule has 0 bridgehead atoms. The summed E-state index contributed by atoms with van der Waals surface area (Å²) in [5, 5.41) is 12.1. The molecule has 0 aliphatic heterocycles. The molecule has 1 aliphatic carbocycles. The topological polar surface area (TPSA) is 75.6 Å². The number of amides is 1. The second kappa shape index (κ2) is 7.82. The van der Waals surface area contributed by atoms with Crippen molar-refractivity contribution in [3.8, 4) is 0 Å². The van der Waals surface area contributed by atoms with Crippen LogP contribution in [0, 0.1) is 5.41 Å². The zero-order chi connectivity index (χ0) is 15.8. The van der Waals surface area contributed by atoms with Crippen LogP contribution in [0.4, 0.5) is 4.79 Å². The van der Waals surface area contributed by atoms with E-state index >= 15 is 0 Å². The second-order valence-electron chi connectivity index (χ2n) is 5.88. The highest BCUT2D eigenvalue weighted by Crippen LogP contribution is 2.39. The lowest BCUT2D eigenvalue weighted by Crippen LogP contribution is -2.37. The lowest BCUT2D eigenvalue weighted by Gasteiger charge is -2.33. The fourth-order valence-electron chi connectivity index (χ4n) is 2.98. The highest BCUT2D eigenvalue weighted by Gasteiger charge is 2.39. The summed E-state index contributed by atoms with van der Waals surface area (Å²) in [4.78, 5) is 23.2. The number of alkyl carbamates (subject to hydrolysis) is 1. The highest BCUT2D eigenvalue weighted by molar-refractivity contribution is 5.75. The first-order valence-corrected chi connectivity index (χ1v) is 7.80. The Morgan fingerprint density at radius 1 is 1.14 bits per heavy atom. The summed E-state index contributed by atoms with van der Waals surface area (Å²) in [6.07, 6.45) is 4.35. The largest absolute Gasteiger partial charge is 0.481 e. The SMILES string of the molecule is O=C(NCCC1(C(=O)O)CCCCC1)OCc1ccccc1. The third kappa shape index (κ3) is 4.48. The van der Waals surface area contributed by atoms with Gasteiger partial charge in [0.1, 0.15) is 6.61 Å². The number of hydrogen-bond donors (Lipinski definition) is 2. The van der Waals surface area contributed by atoms with Crippen molar-refractivity contribution >= 4 is 12.1 Å². The number of carbonyl (C=O) groups excluding carboxylic acids is 1. The molecule has 1 fully saturated rings. The molecule has 5 nitrogen and oxygen atoms in total. The lowest BCUT2D eigenvalue weighted by molar-refractivity contribution is -0.151. The van der Waals surface area contributed by atoms with Crippen molar-refractivity contribution in [1.29, 1.82) is 0 Å². The molecular weight excluding hydrogens is 282 g/mol. The van der Waals surface area contributed by atoms with Gasteiger partial charge in [-0.1, -0.05) is 49.6 Å². The Hall–Kier alpha value is -2.04. The molecular formula is C17H23NO4. The number of carboxylic acid groups (broad SMARTS) is 1. The maximum atomic E-state index is 11.7. The van der Waals surface area contributed by atoms with Gasteiger partial charge in [-0.25, -0.2) is 4.79 Å². The normalized spacial score (nSPS) is 16.7. The Bertz CT molecular complexity index is 495. The van der Waals surface area contributed by atoms with Gasteiger partial charge in [0.05, 0.1) is 5.41 Å². The number of hydrogen-bond acceptors (Lipinski definition) is 3. The van der Waals surface area contributed by atoms with E-state index in [0.29, 0.717) is 25.8 Å². The first-order valence-electron chi connectivity index (χ1n) is 7.80. The zero-order valence-electron chi connectivity index (χ0n) is 12.7. The van der Waals surface area contributed by atoms with E-state index in [9.17, 15) is 14.7 Å². The first-order chi connectivity index (χ1) is 10.6. The number of rotatable bonds is 6. The summed E-state index contributed by atoms with van der Waals surface area (Å²) in [6.45, 7) is 0.552. The van der Waals surface area contributed by atoms with Gasteiger partial charge in [-0.2, -0.15) is 0 Å². The molecule has 1 aromatic carbocycles. The number of carboxylic acids is 1. The average Bonchev–Trinajstić information content (AvgIpc) is 2.55. The molecule has 0 heterocycles. The Kier molecular flexibility index (Phi) is 5.81. The Balaban J connectivity index is 1.72. The van der Waals surface area contributed by atoms with Crippen molar-refractivity contribution in [3.63, 3.8) is 0 Å². The summed E-state index contributed by atoms with van der Waals surface area (Å²) >= 11 is 0. The molecule has 120 valence electrons. The maximum Gasteiger partial charge on any atom is 0.407 e. The first kappa shape index (κ1) is 16.3. The molecule has 2 N–H and O–H groups in total. The average molecular weight is 305 g/mol. The van der Waals surface area contributed by atoms with Crippen molar-refractivity contribution in [2.75, 3.05) is 6.54 Å². The second-order valence-corrected chi connectivity index (χ2v) is 5.88. The molecule has 0 spiro atoms. The van der Waals surface area contributed by atoms with E-state index in [1.54, 1.807) is 0 Å². The molecule has 0 radical (unpaired) electrons. The number of aliphatic carboxylic acids is 1. The van der Waals surface area contributed by atoms with Crippen LogP contribution in [-0.2, 0) is 16.1 Å². The van der Waals surface area contributed by atoms with Gasteiger partial charge < -0.3 is 15.2 Å². The van der Waals surface area contributed by atoms with Gasteiger partial charge in [0.2, 0.25) is 0 Å². The van der Waals surface area contributed by atoms with Crippen LogP contribution in [0.5, 0.6) is 0 Å². The van der Waals surface area contributed by atoms with E-state index in [1.165, 1.54) is 0 Å². The molecule has 22 heavy (non-hydrogen) atoms. The fraction of sp³-hybridized carbons (Fsp3) is 0.529. The van der Waals surface area contributed by atoms with E-state index in [1.807, 2.05) is 30.3 Å². The molecule has 0 unspecified atom stereocenters. The van der Waals surface area contributed by atoms with Crippen LogP contribution in [-0.4, -0.2) is 23.7 Å². The van der Waals surface area contributed by atoms with E-state index in [2.05, 4.69) is 5.32 Å². The van der Waals surface area contributed by atoms with Crippen molar-refractivity contribution < 1.29 is 19.4 Å². The molecule has 1 aromatic rings. The summed E-state index contributed by atoms with van der Waals surface area (Å²) < 4.78 is 5.11. The van der Waals surface area contributed by atoms with E-state index < -0.39 is 17.5 Å². The van der Waals surface area contributed by atoms with Crippen LogP contribution in [0.3, 0.4) is 0 Å². The fourth-order valence-corrected chi connectivity index (χ4v) is 2.98. The van der Waals surface area contributed by atoms with Crippen molar-refractivity contribution in [2.24, 2.45) is 5.41 Å². The maximum absolute atomic E-state index is 11.7. The molecule has 0 aromatic heterocycles. The lowest BCUT2D eigenvalue weighted by atomic mass is 9.72. The van der Waals surface area contributed by atoms with Gasteiger partial charge in [0.15, 0.2) is 0 Å². The molecule has 0 atom stereocenters. The minimum Gasteiger partial charge on any atom is -0.481 e. The molecule has 5 heteroatoms. The monoisotopic (exact) mass is 305 g/mol.